The quantitative estimate of drug-likeness (QED) is 0.778. The molecule has 0 saturated heterocycles. The molecule has 0 fully saturated rings. The Hall–Kier alpha value is -2.76. The van der Waals surface area contributed by atoms with Crippen LogP contribution in [0.5, 0.6) is 5.75 Å². The number of benzene rings is 1. The molecule has 0 radical (unpaired) electrons. The molecule has 0 aliphatic carbocycles. The molecule has 0 spiro atoms. The van der Waals surface area contributed by atoms with Gasteiger partial charge in [0.05, 0.1) is 18.4 Å². The van der Waals surface area contributed by atoms with Gasteiger partial charge in [0.1, 0.15) is 5.75 Å². The molecule has 2 rings (SSSR count). The van der Waals surface area contributed by atoms with Gasteiger partial charge in [-0.3, -0.25) is 0 Å². The summed E-state index contributed by atoms with van der Waals surface area (Å²) in [7, 11) is 1.58. The van der Waals surface area contributed by atoms with Crippen molar-refractivity contribution < 1.29 is 14.6 Å². The fraction of sp³-hybridized carbons (Fsp3) is 0.0769. The number of nitrogen functional groups attached to an aromatic ring is 1. The molecule has 4 N–H and O–H groups in total. The Kier molecular flexibility index (Phi) is 3.51. The lowest BCUT2D eigenvalue weighted by Crippen LogP contribution is -2.06. The number of carbonyl (C=O) groups is 1. The van der Waals surface area contributed by atoms with E-state index in [1.807, 2.05) is 0 Å². The van der Waals surface area contributed by atoms with Crippen LogP contribution in [0.4, 0.5) is 17.2 Å². The molecule has 0 bridgehead atoms. The average Bonchev–Trinajstić information content (AvgIpc) is 2.41. The van der Waals surface area contributed by atoms with Crippen molar-refractivity contribution in [2.75, 3.05) is 18.2 Å². The maximum atomic E-state index is 11.0. The van der Waals surface area contributed by atoms with Crippen molar-refractivity contribution >= 4 is 23.2 Å². The van der Waals surface area contributed by atoms with E-state index in [1.165, 1.54) is 12.3 Å². The van der Waals surface area contributed by atoms with Crippen LogP contribution in [0.3, 0.4) is 0 Å². The lowest BCUT2D eigenvalue weighted by atomic mass is 10.2. The summed E-state index contributed by atoms with van der Waals surface area (Å²) >= 11 is 0. The van der Waals surface area contributed by atoms with Crippen molar-refractivity contribution in [3.63, 3.8) is 0 Å². The molecule has 0 unspecified atom stereocenters. The standard InChI is InChI=1S/C13H13N3O3/c1-19-9-4-2-8(3-5-9)16-12-11(14)10(13(17)18)6-7-15-12/h2-7H,14H2,1H3,(H,15,16)(H,17,18). The number of carboxylic acid groups (broad SMARTS) is 1. The largest absolute Gasteiger partial charge is 0.497 e. The third-order valence-electron chi connectivity index (χ3n) is 2.57. The van der Waals surface area contributed by atoms with E-state index in [0.29, 0.717) is 5.82 Å². The number of ether oxygens (including phenoxy) is 1. The number of hydrogen-bond donors (Lipinski definition) is 3. The van der Waals surface area contributed by atoms with Crippen LogP contribution in [0.25, 0.3) is 0 Å². The summed E-state index contributed by atoms with van der Waals surface area (Å²) in [6.45, 7) is 0. The van der Waals surface area contributed by atoms with Crippen LogP contribution in [0.15, 0.2) is 36.5 Å². The van der Waals surface area contributed by atoms with Gasteiger partial charge in [-0.1, -0.05) is 0 Å². The normalized spacial score (nSPS) is 9.95. The first-order valence-electron chi connectivity index (χ1n) is 5.50. The predicted octanol–water partition coefficient (Wildman–Crippen LogP) is 2.11. The number of nitrogens with one attached hydrogen (secondary N) is 1. The SMILES string of the molecule is COc1ccc(Nc2nccc(C(=O)O)c2N)cc1. The van der Waals surface area contributed by atoms with Crippen molar-refractivity contribution in [2.45, 2.75) is 0 Å². The van der Waals surface area contributed by atoms with E-state index in [9.17, 15) is 4.79 Å². The second-order valence-corrected chi connectivity index (χ2v) is 3.78. The third-order valence-corrected chi connectivity index (χ3v) is 2.57. The van der Waals surface area contributed by atoms with E-state index in [0.717, 1.165) is 11.4 Å². The summed E-state index contributed by atoms with van der Waals surface area (Å²) in [5.74, 6) is -0.0477. The van der Waals surface area contributed by atoms with Crippen molar-refractivity contribution in [2.24, 2.45) is 0 Å². The molecule has 1 heterocycles. The lowest BCUT2D eigenvalue weighted by Gasteiger charge is -2.10. The molecule has 0 atom stereocenters. The van der Waals surface area contributed by atoms with Gasteiger partial charge >= 0.3 is 5.97 Å². The highest BCUT2D eigenvalue weighted by molar-refractivity contribution is 5.96. The molecule has 19 heavy (non-hydrogen) atoms. The smallest absolute Gasteiger partial charge is 0.337 e. The summed E-state index contributed by atoms with van der Waals surface area (Å²) in [6, 6.07) is 8.48. The molecule has 0 aliphatic rings. The second-order valence-electron chi connectivity index (χ2n) is 3.78. The van der Waals surface area contributed by atoms with Crippen LogP contribution in [0.2, 0.25) is 0 Å². The minimum absolute atomic E-state index is 0.0195. The van der Waals surface area contributed by atoms with Crippen molar-refractivity contribution in [3.05, 3.63) is 42.1 Å². The number of nitrogens with two attached hydrogens (primary N) is 1. The summed E-state index contributed by atoms with van der Waals surface area (Å²) in [6.07, 6.45) is 1.39. The van der Waals surface area contributed by atoms with Crippen LogP contribution < -0.4 is 15.8 Å². The molecule has 2 aromatic rings. The highest BCUT2D eigenvalue weighted by Crippen LogP contribution is 2.24. The van der Waals surface area contributed by atoms with Crippen molar-refractivity contribution in [1.82, 2.24) is 4.98 Å². The van der Waals surface area contributed by atoms with E-state index in [4.69, 9.17) is 15.6 Å². The van der Waals surface area contributed by atoms with Gasteiger partial charge in [0.25, 0.3) is 0 Å². The Morgan fingerprint density at radius 2 is 2.00 bits per heavy atom. The Labute approximate surface area is 109 Å². The molecule has 0 aliphatic heterocycles. The molecular weight excluding hydrogens is 246 g/mol. The van der Waals surface area contributed by atoms with Crippen LogP contribution in [-0.2, 0) is 0 Å². The fourth-order valence-corrected chi connectivity index (χ4v) is 1.57. The molecular formula is C13H13N3O3. The summed E-state index contributed by atoms with van der Waals surface area (Å²) in [5, 5.41) is 11.9. The number of aromatic nitrogens is 1. The molecule has 0 saturated carbocycles. The zero-order valence-electron chi connectivity index (χ0n) is 10.3. The molecule has 98 valence electrons. The molecule has 1 aromatic carbocycles. The number of hydrogen-bond acceptors (Lipinski definition) is 5. The lowest BCUT2D eigenvalue weighted by molar-refractivity contribution is 0.0698. The number of pyridine rings is 1. The highest BCUT2D eigenvalue weighted by atomic mass is 16.5. The fourth-order valence-electron chi connectivity index (χ4n) is 1.57. The number of methoxy groups -OCH3 is 1. The van der Waals surface area contributed by atoms with E-state index in [2.05, 4.69) is 10.3 Å². The maximum Gasteiger partial charge on any atom is 0.337 e. The number of carboxylic acids is 1. The number of aromatic carboxylic acids is 1. The van der Waals surface area contributed by atoms with Gasteiger partial charge in [-0.05, 0) is 30.3 Å². The van der Waals surface area contributed by atoms with Crippen molar-refractivity contribution in [3.8, 4) is 5.75 Å². The van der Waals surface area contributed by atoms with Crippen LogP contribution in [-0.4, -0.2) is 23.2 Å². The summed E-state index contributed by atoms with van der Waals surface area (Å²) in [5.41, 5.74) is 6.62. The third kappa shape index (κ3) is 2.74. The summed E-state index contributed by atoms with van der Waals surface area (Å²) < 4.78 is 5.05. The summed E-state index contributed by atoms with van der Waals surface area (Å²) in [4.78, 5) is 15.0. The first-order chi connectivity index (χ1) is 9.11. The van der Waals surface area contributed by atoms with Crippen LogP contribution in [0.1, 0.15) is 10.4 Å². The van der Waals surface area contributed by atoms with E-state index in [1.54, 1.807) is 31.4 Å². The zero-order chi connectivity index (χ0) is 13.8. The predicted molar refractivity (Wildman–Crippen MR) is 71.9 cm³/mol. The molecule has 6 heteroatoms. The number of nitrogens with zero attached hydrogens (tertiary/aromatic N) is 1. The average molecular weight is 259 g/mol. The van der Waals surface area contributed by atoms with Gasteiger partial charge in [-0.2, -0.15) is 0 Å². The monoisotopic (exact) mass is 259 g/mol. The first-order valence-corrected chi connectivity index (χ1v) is 5.50. The number of anilines is 3. The van der Waals surface area contributed by atoms with Gasteiger partial charge < -0.3 is 20.9 Å². The van der Waals surface area contributed by atoms with E-state index < -0.39 is 5.97 Å². The highest BCUT2D eigenvalue weighted by Gasteiger charge is 2.12. The minimum atomic E-state index is -1.09. The van der Waals surface area contributed by atoms with Gasteiger partial charge in [-0.15, -0.1) is 0 Å². The van der Waals surface area contributed by atoms with Gasteiger partial charge in [0.15, 0.2) is 5.82 Å². The Morgan fingerprint density at radius 1 is 1.32 bits per heavy atom. The Morgan fingerprint density at radius 3 is 2.58 bits per heavy atom. The van der Waals surface area contributed by atoms with Gasteiger partial charge in [-0.25, -0.2) is 9.78 Å². The zero-order valence-corrected chi connectivity index (χ0v) is 10.3. The van der Waals surface area contributed by atoms with E-state index >= 15 is 0 Å². The van der Waals surface area contributed by atoms with E-state index in [-0.39, 0.29) is 11.3 Å². The van der Waals surface area contributed by atoms with Gasteiger partial charge in [0.2, 0.25) is 0 Å². The van der Waals surface area contributed by atoms with Crippen LogP contribution in [0, 0.1) is 0 Å². The first kappa shape index (κ1) is 12.7. The number of rotatable bonds is 4. The molecule has 0 amide bonds. The van der Waals surface area contributed by atoms with Crippen LogP contribution >= 0.6 is 0 Å². The molecule has 1 aromatic heterocycles. The second kappa shape index (κ2) is 5.26. The Bertz CT molecular complexity index is 597. The maximum absolute atomic E-state index is 11.0. The Balaban J connectivity index is 2.27. The topological polar surface area (TPSA) is 97.5 Å². The van der Waals surface area contributed by atoms with Crippen molar-refractivity contribution in [1.29, 1.82) is 0 Å². The minimum Gasteiger partial charge on any atom is -0.497 e. The molecule has 6 nitrogen and oxygen atoms in total. The van der Waals surface area contributed by atoms with Gasteiger partial charge in [0, 0.05) is 11.9 Å².